The highest BCUT2D eigenvalue weighted by atomic mass is 35.5. The van der Waals surface area contributed by atoms with Crippen LogP contribution in [0.2, 0.25) is 5.02 Å². The van der Waals surface area contributed by atoms with Crippen LogP contribution in [0, 0.1) is 0 Å². The lowest BCUT2D eigenvalue weighted by atomic mass is 10.3. The van der Waals surface area contributed by atoms with Crippen LogP contribution in [0.25, 0.3) is 0 Å². The summed E-state index contributed by atoms with van der Waals surface area (Å²) < 4.78 is 4.33. The number of ether oxygens (including phenoxy) is 1. The van der Waals surface area contributed by atoms with Crippen molar-refractivity contribution in [1.82, 2.24) is 0 Å². The van der Waals surface area contributed by atoms with E-state index in [-0.39, 0.29) is 0 Å². The lowest BCUT2D eigenvalue weighted by molar-refractivity contribution is 0.144. The van der Waals surface area contributed by atoms with Crippen LogP contribution in [0.5, 0.6) is 5.75 Å². The molecule has 2 N–H and O–H groups in total. The van der Waals surface area contributed by atoms with Crippen molar-refractivity contribution in [2.45, 2.75) is 0 Å². The van der Waals surface area contributed by atoms with Crippen molar-refractivity contribution in [1.29, 1.82) is 0 Å². The molecular weight excluding hydrogens is 266 g/mol. The molecule has 0 aliphatic heterocycles. The Morgan fingerprint density at radius 2 is 1.84 bits per heavy atom. The number of para-hydroxylation sites is 1. The summed E-state index contributed by atoms with van der Waals surface area (Å²) in [6, 6.07) is 16.0. The summed E-state index contributed by atoms with van der Waals surface area (Å²) in [5.74, 6) is 0.343. The van der Waals surface area contributed by atoms with E-state index in [1.165, 1.54) is 0 Å². The third-order valence-corrected chi connectivity index (χ3v) is 2.30. The number of hydrogen-bond donors (Lipinski definition) is 2. The number of halogens is 1. The Kier molecular flexibility index (Phi) is 6.26. The molecule has 2 aromatic carbocycles. The van der Waals surface area contributed by atoms with Gasteiger partial charge in [0.1, 0.15) is 5.75 Å². The molecule has 0 saturated carbocycles. The third kappa shape index (κ3) is 6.33. The zero-order chi connectivity index (χ0) is 14.1. The molecule has 0 aliphatic rings. The average molecular weight is 280 g/mol. The highest BCUT2D eigenvalue weighted by molar-refractivity contribution is 6.30. The van der Waals surface area contributed by atoms with Gasteiger partial charge in [-0.05, 0) is 30.3 Å². The molecule has 0 amide bonds. The minimum atomic E-state index is -1.29. The van der Waals surface area contributed by atoms with Crippen molar-refractivity contribution < 1.29 is 14.6 Å². The number of benzene rings is 2. The van der Waals surface area contributed by atoms with Crippen molar-refractivity contribution in [3.8, 4) is 5.75 Å². The minimum absolute atomic E-state index is 0.343. The second kappa shape index (κ2) is 8.00. The van der Waals surface area contributed by atoms with Crippen LogP contribution in [0.4, 0.5) is 10.5 Å². The summed E-state index contributed by atoms with van der Waals surface area (Å²) in [5.41, 5.74) is 1.04. The fourth-order valence-electron chi connectivity index (χ4n) is 1.23. The molecule has 0 saturated heterocycles. The number of nitrogens with one attached hydrogen (secondary N) is 1. The number of carboxylic acid groups (broad SMARTS) is 1. The van der Waals surface area contributed by atoms with Gasteiger partial charge in [0.15, 0.2) is 0 Å². The molecule has 19 heavy (non-hydrogen) atoms. The van der Waals surface area contributed by atoms with Crippen molar-refractivity contribution >= 4 is 23.4 Å². The molecule has 0 fully saturated rings. The van der Waals surface area contributed by atoms with Gasteiger partial charge in [-0.15, -0.1) is 0 Å². The van der Waals surface area contributed by atoms with Gasteiger partial charge in [-0.1, -0.05) is 35.9 Å². The van der Waals surface area contributed by atoms with Gasteiger partial charge in [0.2, 0.25) is 0 Å². The average Bonchev–Trinajstić information content (AvgIpc) is 2.40. The Labute approximate surface area is 116 Å². The number of anilines is 1. The van der Waals surface area contributed by atoms with Gasteiger partial charge in [-0.2, -0.15) is 0 Å². The van der Waals surface area contributed by atoms with Crippen LogP contribution in [0.3, 0.4) is 0 Å². The SMILES string of the molecule is CNc1cccc(Cl)c1.O=C(O)Oc1ccccc1. The molecule has 5 heteroatoms. The fraction of sp³-hybridized carbons (Fsp3) is 0.0714. The van der Waals surface area contributed by atoms with Gasteiger partial charge in [0.05, 0.1) is 0 Å². The van der Waals surface area contributed by atoms with E-state index in [1.54, 1.807) is 30.3 Å². The Hall–Kier alpha value is -2.20. The third-order valence-electron chi connectivity index (χ3n) is 2.06. The first-order chi connectivity index (χ1) is 9.11. The molecule has 4 nitrogen and oxygen atoms in total. The monoisotopic (exact) mass is 279 g/mol. The molecule has 0 atom stereocenters. The lowest BCUT2D eigenvalue weighted by Gasteiger charge is -1.97. The largest absolute Gasteiger partial charge is 0.511 e. The topological polar surface area (TPSA) is 58.6 Å². The number of carbonyl (C=O) groups is 1. The van der Waals surface area contributed by atoms with Crippen LogP contribution in [-0.2, 0) is 0 Å². The van der Waals surface area contributed by atoms with E-state index < -0.39 is 6.16 Å². The summed E-state index contributed by atoms with van der Waals surface area (Å²) in [5, 5.41) is 11.9. The van der Waals surface area contributed by atoms with Crippen molar-refractivity contribution in [2.75, 3.05) is 12.4 Å². The van der Waals surface area contributed by atoms with Gasteiger partial charge >= 0.3 is 6.16 Å². The summed E-state index contributed by atoms with van der Waals surface area (Å²) in [6.45, 7) is 0. The standard InChI is InChI=1S/C7H8ClN.C7H6O3/c1-9-7-4-2-3-6(8)5-7;8-7(9)10-6-4-2-1-3-5-6/h2-5,9H,1H3;1-5H,(H,8,9). The van der Waals surface area contributed by atoms with Gasteiger partial charge in [0, 0.05) is 17.8 Å². The van der Waals surface area contributed by atoms with Gasteiger partial charge in [-0.25, -0.2) is 4.79 Å². The molecule has 0 heterocycles. The van der Waals surface area contributed by atoms with Crippen LogP contribution in [0.1, 0.15) is 0 Å². The molecule has 2 aromatic rings. The first-order valence-corrected chi connectivity index (χ1v) is 5.88. The zero-order valence-corrected chi connectivity index (χ0v) is 11.1. The second-order valence-corrected chi connectivity index (χ2v) is 3.88. The van der Waals surface area contributed by atoms with Crippen LogP contribution in [-0.4, -0.2) is 18.3 Å². The van der Waals surface area contributed by atoms with Crippen LogP contribution < -0.4 is 10.1 Å². The zero-order valence-electron chi connectivity index (χ0n) is 10.3. The summed E-state index contributed by atoms with van der Waals surface area (Å²) in [4.78, 5) is 9.95. The Morgan fingerprint density at radius 1 is 1.16 bits per heavy atom. The predicted octanol–water partition coefficient (Wildman–Crippen LogP) is 4.13. The lowest BCUT2D eigenvalue weighted by Crippen LogP contribution is -2.02. The normalized spacial score (nSPS) is 8.95. The van der Waals surface area contributed by atoms with Gasteiger partial charge < -0.3 is 15.2 Å². The van der Waals surface area contributed by atoms with Gasteiger partial charge in [-0.3, -0.25) is 0 Å². The van der Waals surface area contributed by atoms with E-state index in [4.69, 9.17) is 16.7 Å². The first-order valence-electron chi connectivity index (χ1n) is 5.51. The van der Waals surface area contributed by atoms with Gasteiger partial charge in [0.25, 0.3) is 0 Å². The summed E-state index contributed by atoms with van der Waals surface area (Å²) in [7, 11) is 1.87. The van der Waals surface area contributed by atoms with Crippen molar-refractivity contribution in [2.24, 2.45) is 0 Å². The predicted molar refractivity (Wildman–Crippen MR) is 76.1 cm³/mol. The number of rotatable bonds is 2. The molecule has 0 bridgehead atoms. The molecular formula is C14H14ClNO3. The van der Waals surface area contributed by atoms with E-state index in [0.29, 0.717) is 5.75 Å². The molecule has 0 radical (unpaired) electrons. The van der Waals surface area contributed by atoms with E-state index >= 15 is 0 Å². The Bertz CT molecular complexity index is 517. The van der Waals surface area contributed by atoms with E-state index in [1.807, 2.05) is 31.3 Å². The molecule has 100 valence electrons. The highest BCUT2D eigenvalue weighted by Gasteiger charge is 1.96. The maximum absolute atomic E-state index is 9.95. The summed E-state index contributed by atoms with van der Waals surface area (Å²) in [6.07, 6.45) is -1.29. The Morgan fingerprint density at radius 3 is 2.32 bits per heavy atom. The maximum atomic E-state index is 9.95. The van der Waals surface area contributed by atoms with E-state index in [9.17, 15) is 4.79 Å². The van der Waals surface area contributed by atoms with E-state index in [2.05, 4.69) is 10.1 Å². The fourth-order valence-corrected chi connectivity index (χ4v) is 1.42. The molecule has 0 aromatic heterocycles. The summed E-state index contributed by atoms with van der Waals surface area (Å²) >= 11 is 5.68. The highest BCUT2D eigenvalue weighted by Crippen LogP contribution is 2.13. The smallest absolute Gasteiger partial charge is 0.449 e. The second-order valence-electron chi connectivity index (χ2n) is 3.44. The molecule has 2 rings (SSSR count). The molecule has 0 aliphatic carbocycles. The first kappa shape index (κ1) is 14.9. The van der Waals surface area contributed by atoms with Crippen molar-refractivity contribution in [3.05, 3.63) is 59.6 Å². The quantitative estimate of drug-likeness (QED) is 0.641. The van der Waals surface area contributed by atoms with Crippen molar-refractivity contribution in [3.63, 3.8) is 0 Å². The molecule has 0 unspecified atom stereocenters. The minimum Gasteiger partial charge on any atom is -0.449 e. The Balaban J connectivity index is 0.000000191. The maximum Gasteiger partial charge on any atom is 0.511 e. The molecule has 0 spiro atoms. The van der Waals surface area contributed by atoms with Crippen LogP contribution in [0.15, 0.2) is 54.6 Å². The van der Waals surface area contributed by atoms with E-state index in [0.717, 1.165) is 10.7 Å². The van der Waals surface area contributed by atoms with Crippen LogP contribution >= 0.6 is 11.6 Å². The number of hydrogen-bond acceptors (Lipinski definition) is 3.